The number of aromatic nitrogens is 2. The number of H-pyrrole nitrogens is 1. The van der Waals surface area contributed by atoms with Crippen molar-refractivity contribution < 1.29 is 34.2 Å². The molecule has 13 heteroatoms. The predicted molar refractivity (Wildman–Crippen MR) is 102 cm³/mol. The number of amides is 3. The third-order valence-electron chi connectivity index (χ3n) is 4.06. The molecule has 0 aliphatic carbocycles. The van der Waals surface area contributed by atoms with E-state index >= 15 is 0 Å². The minimum atomic E-state index is -1.66. The van der Waals surface area contributed by atoms with E-state index in [9.17, 15) is 24.0 Å². The van der Waals surface area contributed by atoms with Gasteiger partial charge in [-0.05, 0) is 5.92 Å². The number of carbonyl (C=O) groups excluding carboxylic acids is 3. The summed E-state index contributed by atoms with van der Waals surface area (Å²) in [6, 6.07) is -3.91. The zero-order chi connectivity index (χ0) is 22.8. The monoisotopic (exact) mass is 426 g/mol. The Morgan fingerprint density at radius 3 is 2.20 bits per heavy atom. The van der Waals surface area contributed by atoms with Crippen LogP contribution in [0.25, 0.3) is 0 Å². The molecule has 0 aromatic carbocycles. The summed E-state index contributed by atoms with van der Waals surface area (Å²) in [6.07, 6.45) is 2.08. The van der Waals surface area contributed by atoms with Gasteiger partial charge in [0.2, 0.25) is 17.7 Å². The van der Waals surface area contributed by atoms with Crippen molar-refractivity contribution in [3.05, 3.63) is 18.2 Å². The normalized spacial score (nSPS) is 13.7. The van der Waals surface area contributed by atoms with Crippen molar-refractivity contribution in [2.24, 2.45) is 11.7 Å². The molecule has 0 spiro atoms. The summed E-state index contributed by atoms with van der Waals surface area (Å²) in [4.78, 5) is 65.6. The van der Waals surface area contributed by atoms with Crippen LogP contribution in [0.1, 0.15) is 26.0 Å². The van der Waals surface area contributed by atoms with E-state index in [1.54, 1.807) is 13.8 Å². The molecule has 0 saturated heterocycles. The number of nitrogens with two attached hydrogens (primary N) is 1. The molecule has 8 N–H and O–H groups in total. The Kier molecular flexibility index (Phi) is 9.42. The number of hydrogen-bond acceptors (Lipinski definition) is 7. The highest BCUT2D eigenvalue weighted by Crippen LogP contribution is 2.06. The average molecular weight is 426 g/mol. The summed E-state index contributed by atoms with van der Waals surface area (Å²) >= 11 is 0. The maximum absolute atomic E-state index is 12.7. The van der Waals surface area contributed by atoms with Gasteiger partial charge in [0.1, 0.15) is 18.1 Å². The summed E-state index contributed by atoms with van der Waals surface area (Å²) in [5.41, 5.74) is 5.83. The Balaban J connectivity index is 2.94. The minimum absolute atomic E-state index is 0.0424. The zero-order valence-corrected chi connectivity index (χ0v) is 16.5. The molecular weight excluding hydrogens is 400 g/mol. The second-order valence-corrected chi connectivity index (χ2v) is 6.83. The first kappa shape index (κ1) is 24.6. The van der Waals surface area contributed by atoms with Gasteiger partial charge in [-0.25, -0.2) is 9.78 Å². The van der Waals surface area contributed by atoms with Gasteiger partial charge in [0.25, 0.3) is 0 Å². The molecule has 166 valence electrons. The number of aliphatic carboxylic acids is 2. The van der Waals surface area contributed by atoms with Crippen molar-refractivity contribution in [2.75, 3.05) is 6.54 Å². The maximum Gasteiger partial charge on any atom is 0.326 e. The van der Waals surface area contributed by atoms with Gasteiger partial charge in [0, 0.05) is 18.3 Å². The fourth-order valence-corrected chi connectivity index (χ4v) is 2.50. The Morgan fingerprint density at radius 2 is 1.73 bits per heavy atom. The number of carboxylic acids is 2. The van der Waals surface area contributed by atoms with Gasteiger partial charge in [-0.2, -0.15) is 0 Å². The molecular formula is C17H26N6O7. The third-order valence-corrected chi connectivity index (χ3v) is 4.06. The van der Waals surface area contributed by atoms with Crippen LogP contribution in [0.4, 0.5) is 0 Å². The summed E-state index contributed by atoms with van der Waals surface area (Å²) in [7, 11) is 0. The topological polar surface area (TPSA) is 217 Å². The van der Waals surface area contributed by atoms with Gasteiger partial charge in [-0.15, -0.1) is 0 Å². The first-order chi connectivity index (χ1) is 14.0. The minimum Gasteiger partial charge on any atom is -0.481 e. The molecule has 3 atom stereocenters. The SMILES string of the molecule is CC(C)C(NC(=O)C(Cc1cnc[nH]1)NC(=O)CN)C(=O)NC(CC(=O)O)C(=O)O. The number of rotatable bonds is 12. The van der Waals surface area contributed by atoms with Crippen molar-refractivity contribution in [1.29, 1.82) is 0 Å². The van der Waals surface area contributed by atoms with E-state index < -0.39 is 60.1 Å². The highest BCUT2D eigenvalue weighted by atomic mass is 16.4. The van der Waals surface area contributed by atoms with Crippen molar-refractivity contribution in [3.8, 4) is 0 Å². The lowest BCUT2D eigenvalue weighted by Gasteiger charge is -2.26. The number of nitrogens with zero attached hydrogens (tertiary/aromatic N) is 1. The maximum atomic E-state index is 12.7. The first-order valence-corrected chi connectivity index (χ1v) is 9.07. The lowest BCUT2D eigenvalue weighted by Crippen LogP contribution is -2.58. The summed E-state index contributed by atoms with van der Waals surface area (Å²) in [5.74, 6) is -5.55. The Bertz CT molecular complexity index is 765. The summed E-state index contributed by atoms with van der Waals surface area (Å²) < 4.78 is 0. The Morgan fingerprint density at radius 1 is 1.07 bits per heavy atom. The number of carbonyl (C=O) groups is 5. The predicted octanol–water partition coefficient (Wildman–Crippen LogP) is -2.42. The zero-order valence-electron chi connectivity index (χ0n) is 16.5. The van der Waals surface area contributed by atoms with E-state index in [1.165, 1.54) is 12.5 Å². The average Bonchev–Trinajstić information content (AvgIpc) is 3.16. The molecule has 1 heterocycles. The van der Waals surface area contributed by atoms with Gasteiger partial charge >= 0.3 is 11.9 Å². The molecule has 1 aromatic heterocycles. The molecule has 0 aliphatic heterocycles. The van der Waals surface area contributed by atoms with E-state index in [0.717, 1.165) is 0 Å². The van der Waals surface area contributed by atoms with Crippen molar-refractivity contribution >= 4 is 29.7 Å². The van der Waals surface area contributed by atoms with Crippen LogP contribution < -0.4 is 21.7 Å². The second kappa shape index (κ2) is 11.5. The number of nitrogens with one attached hydrogen (secondary N) is 4. The molecule has 0 aliphatic rings. The molecule has 0 radical (unpaired) electrons. The van der Waals surface area contributed by atoms with Crippen LogP contribution in [0.15, 0.2) is 12.5 Å². The lowest BCUT2D eigenvalue weighted by molar-refractivity contribution is -0.147. The van der Waals surface area contributed by atoms with E-state index in [0.29, 0.717) is 5.69 Å². The van der Waals surface area contributed by atoms with Crippen LogP contribution in [0.3, 0.4) is 0 Å². The first-order valence-electron chi connectivity index (χ1n) is 9.07. The second-order valence-electron chi connectivity index (χ2n) is 6.83. The lowest BCUT2D eigenvalue weighted by atomic mass is 10.0. The fourth-order valence-electron chi connectivity index (χ4n) is 2.50. The standard InChI is InChI=1S/C17H26N6O7/c1-8(2)14(16(28)22-11(17(29)30)4-13(25)26)23-15(27)10(21-12(24)5-18)3-9-6-19-7-20-9/h6-8,10-11,14H,3-5,18H2,1-2H3,(H,19,20)(H,21,24)(H,22,28)(H,23,27)(H,25,26)(H,29,30). The number of imidazole rings is 1. The van der Waals surface area contributed by atoms with Crippen LogP contribution in [0, 0.1) is 5.92 Å². The Hall–Kier alpha value is -3.48. The molecule has 13 nitrogen and oxygen atoms in total. The van der Waals surface area contributed by atoms with Crippen molar-refractivity contribution in [1.82, 2.24) is 25.9 Å². The van der Waals surface area contributed by atoms with Gasteiger partial charge < -0.3 is 36.9 Å². The van der Waals surface area contributed by atoms with Crippen molar-refractivity contribution in [2.45, 2.75) is 44.8 Å². The number of carboxylic acid groups (broad SMARTS) is 2. The molecule has 3 amide bonds. The number of aromatic amines is 1. The van der Waals surface area contributed by atoms with Gasteiger partial charge in [0.15, 0.2) is 0 Å². The molecule has 0 bridgehead atoms. The van der Waals surface area contributed by atoms with Crippen LogP contribution in [0.2, 0.25) is 0 Å². The third kappa shape index (κ3) is 7.87. The molecule has 0 saturated carbocycles. The quantitative estimate of drug-likeness (QED) is 0.189. The van der Waals surface area contributed by atoms with Crippen LogP contribution in [0.5, 0.6) is 0 Å². The smallest absolute Gasteiger partial charge is 0.326 e. The van der Waals surface area contributed by atoms with Gasteiger partial charge in [-0.1, -0.05) is 13.8 Å². The number of hydrogen-bond donors (Lipinski definition) is 7. The van der Waals surface area contributed by atoms with Gasteiger partial charge in [-0.3, -0.25) is 19.2 Å². The highest BCUT2D eigenvalue weighted by molar-refractivity contribution is 5.94. The Labute approximate surface area is 171 Å². The highest BCUT2D eigenvalue weighted by Gasteiger charge is 2.32. The summed E-state index contributed by atoms with van der Waals surface area (Å²) in [5, 5.41) is 24.9. The molecule has 3 unspecified atom stereocenters. The van der Waals surface area contributed by atoms with E-state index in [4.69, 9.17) is 15.9 Å². The van der Waals surface area contributed by atoms with E-state index in [2.05, 4.69) is 25.9 Å². The van der Waals surface area contributed by atoms with Crippen LogP contribution in [-0.2, 0) is 30.4 Å². The van der Waals surface area contributed by atoms with Gasteiger partial charge in [0.05, 0.1) is 19.3 Å². The van der Waals surface area contributed by atoms with Crippen LogP contribution >= 0.6 is 0 Å². The largest absolute Gasteiger partial charge is 0.481 e. The molecule has 0 fully saturated rings. The summed E-state index contributed by atoms with van der Waals surface area (Å²) in [6.45, 7) is 2.87. The molecule has 1 aromatic rings. The molecule has 30 heavy (non-hydrogen) atoms. The van der Waals surface area contributed by atoms with Crippen LogP contribution in [-0.4, -0.2) is 74.5 Å². The van der Waals surface area contributed by atoms with E-state index in [1.807, 2.05) is 0 Å². The van der Waals surface area contributed by atoms with Crippen molar-refractivity contribution in [3.63, 3.8) is 0 Å². The fraction of sp³-hybridized carbons (Fsp3) is 0.529. The molecule has 1 rings (SSSR count). The van der Waals surface area contributed by atoms with E-state index in [-0.39, 0.29) is 13.0 Å².